The lowest BCUT2D eigenvalue weighted by atomic mass is 10.0. The Labute approximate surface area is 101 Å². The number of nitrogens with two attached hydrogens (primary N) is 1. The van der Waals surface area contributed by atoms with Crippen LogP contribution in [0.1, 0.15) is 19.0 Å². The summed E-state index contributed by atoms with van der Waals surface area (Å²) >= 11 is 0. The SMILES string of the molecule is CC1CCN(c2ccc(C(=N)N)nc2)C1CO. The predicted octanol–water partition coefficient (Wildman–Crippen LogP) is 0.573. The minimum absolute atomic E-state index is 0.0231. The standard InChI is InChI=1S/C12H18N4O/c1-8-4-5-16(11(8)7-17)9-2-3-10(12(13)14)15-6-9/h2-3,6,8,11,17H,4-5,7H2,1H3,(H3,13,14). The number of nitrogens with zero attached hydrogens (tertiary/aromatic N) is 2. The van der Waals surface area contributed by atoms with E-state index < -0.39 is 0 Å². The lowest BCUT2D eigenvalue weighted by Gasteiger charge is -2.27. The molecule has 4 N–H and O–H groups in total. The van der Waals surface area contributed by atoms with Crippen LogP contribution in [0.25, 0.3) is 0 Å². The maximum absolute atomic E-state index is 9.39. The van der Waals surface area contributed by atoms with Crippen molar-refractivity contribution in [3.8, 4) is 0 Å². The van der Waals surface area contributed by atoms with Gasteiger partial charge in [-0.2, -0.15) is 0 Å². The molecule has 1 aromatic heterocycles. The van der Waals surface area contributed by atoms with Gasteiger partial charge in [0.15, 0.2) is 0 Å². The van der Waals surface area contributed by atoms with Crippen LogP contribution in [0.4, 0.5) is 5.69 Å². The highest BCUT2D eigenvalue weighted by Crippen LogP contribution is 2.28. The summed E-state index contributed by atoms with van der Waals surface area (Å²) in [6.07, 6.45) is 2.80. The Morgan fingerprint density at radius 2 is 2.41 bits per heavy atom. The summed E-state index contributed by atoms with van der Waals surface area (Å²) in [4.78, 5) is 6.31. The molecule has 1 saturated heterocycles. The monoisotopic (exact) mass is 234 g/mol. The molecule has 1 aromatic rings. The number of pyridine rings is 1. The van der Waals surface area contributed by atoms with Crippen LogP contribution < -0.4 is 10.6 Å². The number of nitrogens with one attached hydrogen (secondary N) is 1. The first-order chi connectivity index (χ1) is 8.13. The highest BCUT2D eigenvalue weighted by atomic mass is 16.3. The largest absolute Gasteiger partial charge is 0.394 e. The van der Waals surface area contributed by atoms with E-state index in [0.29, 0.717) is 11.6 Å². The number of amidine groups is 1. The van der Waals surface area contributed by atoms with E-state index >= 15 is 0 Å². The van der Waals surface area contributed by atoms with Crippen molar-refractivity contribution < 1.29 is 5.11 Å². The second-order valence-electron chi connectivity index (χ2n) is 4.52. The molecular weight excluding hydrogens is 216 g/mol. The molecule has 0 aliphatic carbocycles. The van der Waals surface area contributed by atoms with Gasteiger partial charge in [-0.15, -0.1) is 0 Å². The van der Waals surface area contributed by atoms with Crippen molar-refractivity contribution >= 4 is 11.5 Å². The molecule has 0 radical (unpaired) electrons. The maximum atomic E-state index is 9.39. The molecule has 1 aliphatic rings. The van der Waals surface area contributed by atoms with Crippen molar-refractivity contribution in [2.75, 3.05) is 18.1 Å². The predicted molar refractivity (Wildman–Crippen MR) is 67.3 cm³/mol. The molecule has 2 unspecified atom stereocenters. The smallest absolute Gasteiger partial charge is 0.141 e. The van der Waals surface area contributed by atoms with Crippen LogP contribution >= 0.6 is 0 Å². The number of aliphatic hydroxyl groups is 1. The fraction of sp³-hybridized carbons (Fsp3) is 0.500. The van der Waals surface area contributed by atoms with Crippen molar-refractivity contribution in [2.45, 2.75) is 19.4 Å². The van der Waals surface area contributed by atoms with Gasteiger partial charge < -0.3 is 15.7 Å². The summed E-state index contributed by atoms with van der Waals surface area (Å²) in [7, 11) is 0. The first-order valence-electron chi connectivity index (χ1n) is 5.81. The van der Waals surface area contributed by atoms with Gasteiger partial charge in [0.1, 0.15) is 11.5 Å². The third kappa shape index (κ3) is 2.24. The van der Waals surface area contributed by atoms with Gasteiger partial charge >= 0.3 is 0 Å². The summed E-state index contributed by atoms with van der Waals surface area (Å²) in [5.41, 5.74) is 6.83. The summed E-state index contributed by atoms with van der Waals surface area (Å²) in [5, 5.41) is 16.7. The highest BCUT2D eigenvalue weighted by Gasteiger charge is 2.30. The van der Waals surface area contributed by atoms with Gasteiger partial charge in [-0.25, -0.2) is 0 Å². The zero-order chi connectivity index (χ0) is 12.4. The second-order valence-corrected chi connectivity index (χ2v) is 4.52. The van der Waals surface area contributed by atoms with Gasteiger partial charge in [0.25, 0.3) is 0 Å². The van der Waals surface area contributed by atoms with Crippen LogP contribution in [0.2, 0.25) is 0 Å². The molecule has 1 fully saturated rings. The van der Waals surface area contributed by atoms with Crippen LogP contribution in [-0.2, 0) is 0 Å². The van der Waals surface area contributed by atoms with Crippen LogP contribution in [-0.4, -0.2) is 35.1 Å². The summed E-state index contributed by atoms with van der Waals surface area (Å²) in [6, 6.07) is 3.82. The molecule has 2 rings (SSSR count). The molecular formula is C12H18N4O. The molecule has 0 amide bonds. The van der Waals surface area contributed by atoms with Crippen LogP contribution in [0.5, 0.6) is 0 Å². The highest BCUT2D eigenvalue weighted by molar-refractivity contribution is 5.93. The summed E-state index contributed by atoms with van der Waals surface area (Å²) in [6.45, 7) is 3.25. The van der Waals surface area contributed by atoms with Crippen LogP contribution in [0, 0.1) is 11.3 Å². The van der Waals surface area contributed by atoms with E-state index in [1.165, 1.54) is 0 Å². The molecule has 0 saturated carbocycles. The quantitative estimate of drug-likeness (QED) is 0.527. The summed E-state index contributed by atoms with van der Waals surface area (Å²) in [5.74, 6) is 0.470. The molecule has 0 aromatic carbocycles. The number of rotatable bonds is 3. The van der Waals surface area contributed by atoms with E-state index in [-0.39, 0.29) is 18.5 Å². The number of anilines is 1. The fourth-order valence-corrected chi connectivity index (χ4v) is 2.32. The van der Waals surface area contributed by atoms with Gasteiger partial charge in [-0.3, -0.25) is 10.4 Å². The lowest BCUT2D eigenvalue weighted by Crippen LogP contribution is -2.35. The average molecular weight is 234 g/mol. The molecule has 17 heavy (non-hydrogen) atoms. The Kier molecular flexibility index (Phi) is 3.28. The Morgan fingerprint density at radius 3 is 2.94 bits per heavy atom. The Morgan fingerprint density at radius 1 is 1.65 bits per heavy atom. The molecule has 5 nitrogen and oxygen atoms in total. The topological polar surface area (TPSA) is 86.2 Å². The van der Waals surface area contributed by atoms with Gasteiger partial charge in [-0.05, 0) is 24.5 Å². The number of aromatic nitrogens is 1. The minimum Gasteiger partial charge on any atom is -0.394 e. The van der Waals surface area contributed by atoms with Gasteiger partial charge in [-0.1, -0.05) is 6.92 Å². The van der Waals surface area contributed by atoms with E-state index in [1.807, 2.05) is 6.07 Å². The van der Waals surface area contributed by atoms with Crippen LogP contribution in [0.3, 0.4) is 0 Å². The van der Waals surface area contributed by atoms with Crippen molar-refractivity contribution in [3.05, 3.63) is 24.0 Å². The first kappa shape index (κ1) is 11.9. The van der Waals surface area contributed by atoms with Crippen molar-refractivity contribution in [2.24, 2.45) is 11.7 Å². The average Bonchev–Trinajstić information content (AvgIpc) is 2.70. The van der Waals surface area contributed by atoms with Crippen LogP contribution in [0.15, 0.2) is 18.3 Å². The van der Waals surface area contributed by atoms with Crippen molar-refractivity contribution in [1.82, 2.24) is 4.98 Å². The van der Waals surface area contributed by atoms with E-state index in [4.69, 9.17) is 11.1 Å². The maximum Gasteiger partial charge on any atom is 0.141 e. The molecule has 2 heterocycles. The number of hydrogen-bond acceptors (Lipinski definition) is 4. The Bertz CT molecular complexity index is 403. The number of aliphatic hydroxyl groups excluding tert-OH is 1. The lowest BCUT2D eigenvalue weighted by molar-refractivity contribution is 0.244. The molecule has 5 heteroatoms. The third-order valence-electron chi connectivity index (χ3n) is 3.43. The van der Waals surface area contributed by atoms with E-state index in [2.05, 4.69) is 16.8 Å². The van der Waals surface area contributed by atoms with E-state index in [0.717, 1.165) is 18.7 Å². The van der Waals surface area contributed by atoms with Gasteiger partial charge in [0, 0.05) is 6.54 Å². The van der Waals surface area contributed by atoms with Crippen molar-refractivity contribution in [1.29, 1.82) is 5.41 Å². The normalized spacial score (nSPS) is 24.0. The van der Waals surface area contributed by atoms with Gasteiger partial charge in [0.05, 0.1) is 24.5 Å². The zero-order valence-corrected chi connectivity index (χ0v) is 9.93. The first-order valence-corrected chi connectivity index (χ1v) is 5.81. The van der Waals surface area contributed by atoms with E-state index in [1.54, 1.807) is 12.3 Å². The second kappa shape index (κ2) is 4.71. The molecule has 0 spiro atoms. The van der Waals surface area contributed by atoms with Gasteiger partial charge in [0.2, 0.25) is 0 Å². The zero-order valence-electron chi connectivity index (χ0n) is 9.93. The molecule has 2 atom stereocenters. The molecule has 1 aliphatic heterocycles. The third-order valence-corrected chi connectivity index (χ3v) is 3.43. The Balaban J connectivity index is 2.20. The Hall–Kier alpha value is -1.62. The summed E-state index contributed by atoms with van der Waals surface area (Å²) < 4.78 is 0. The number of nitrogen functional groups attached to an aromatic ring is 1. The minimum atomic E-state index is -0.0231. The molecule has 92 valence electrons. The van der Waals surface area contributed by atoms with E-state index in [9.17, 15) is 5.11 Å². The molecule has 0 bridgehead atoms. The van der Waals surface area contributed by atoms with Crippen molar-refractivity contribution in [3.63, 3.8) is 0 Å². The fourth-order valence-electron chi connectivity index (χ4n) is 2.32. The number of hydrogen-bond donors (Lipinski definition) is 3.